The monoisotopic (exact) mass is 272 g/mol. The van der Waals surface area contributed by atoms with Crippen LogP contribution < -0.4 is 15.4 Å². The Balaban J connectivity index is 1.99. The SMILES string of the molecule is COc1ccc(F)c(CNCC2(O)CCNC2)c1F. The summed E-state index contributed by atoms with van der Waals surface area (Å²) in [6, 6.07) is 2.42. The van der Waals surface area contributed by atoms with E-state index in [9.17, 15) is 13.9 Å². The third-order valence-electron chi connectivity index (χ3n) is 3.35. The Bertz CT molecular complexity index is 449. The highest BCUT2D eigenvalue weighted by Gasteiger charge is 2.30. The van der Waals surface area contributed by atoms with E-state index in [0.717, 1.165) is 6.54 Å². The number of rotatable bonds is 5. The molecule has 3 N–H and O–H groups in total. The lowest BCUT2D eigenvalue weighted by Crippen LogP contribution is -2.42. The van der Waals surface area contributed by atoms with Gasteiger partial charge in [0, 0.05) is 25.2 Å². The number of benzene rings is 1. The van der Waals surface area contributed by atoms with Crippen LogP contribution in [0.5, 0.6) is 5.75 Å². The van der Waals surface area contributed by atoms with E-state index in [2.05, 4.69) is 10.6 Å². The molecule has 0 spiro atoms. The van der Waals surface area contributed by atoms with Crippen molar-refractivity contribution in [3.05, 3.63) is 29.3 Å². The van der Waals surface area contributed by atoms with Gasteiger partial charge in [-0.25, -0.2) is 8.78 Å². The minimum atomic E-state index is -0.841. The number of methoxy groups -OCH3 is 1. The predicted molar refractivity (Wildman–Crippen MR) is 67.1 cm³/mol. The average molecular weight is 272 g/mol. The minimum Gasteiger partial charge on any atom is -0.494 e. The summed E-state index contributed by atoms with van der Waals surface area (Å²) in [6.45, 7) is 1.54. The molecule has 1 atom stereocenters. The molecule has 0 aromatic heterocycles. The van der Waals surface area contributed by atoms with Crippen LogP contribution in [0.25, 0.3) is 0 Å². The van der Waals surface area contributed by atoms with Crippen molar-refractivity contribution in [3.8, 4) is 5.75 Å². The molecule has 1 aliphatic rings. The summed E-state index contributed by atoms with van der Waals surface area (Å²) >= 11 is 0. The smallest absolute Gasteiger partial charge is 0.172 e. The van der Waals surface area contributed by atoms with Crippen LogP contribution >= 0.6 is 0 Å². The first-order valence-corrected chi connectivity index (χ1v) is 6.20. The molecule has 0 amide bonds. The Morgan fingerprint density at radius 3 is 2.89 bits per heavy atom. The average Bonchev–Trinajstić information content (AvgIpc) is 2.81. The zero-order valence-corrected chi connectivity index (χ0v) is 10.8. The van der Waals surface area contributed by atoms with Crippen LogP contribution in [0.3, 0.4) is 0 Å². The van der Waals surface area contributed by atoms with Crippen molar-refractivity contribution in [2.24, 2.45) is 0 Å². The number of ether oxygens (including phenoxy) is 1. The third-order valence-corrected chi connectivity index (χ3v) is 3.35. The van der Waals surface area contributed by atoms with E-state index in [-0.39, 0.29) is 24.4 Å². The van der Waals surface area contributed by atoms with Gasteiger partial charge in [-0.05, 0) is 25.1 Å². The van der Waals surface area contributed by atoms with Gasteiger partial charge < -0.3 is 20.5 Å². The quantitative estimate of drug-likeness (QED) is 0.742. The van der Waals surface area contributed by atoms with Crippen molar-refractivity contribution in [3.63, 3.8) is 0 Å². The highest BCUT2D eigenvalue weighted by molar-refractivity contribution is 5.32. The maximum atomic E-state index is 13.8. The Hall–Kier alpha value is -1.24. The third kappa shape index (κ3) is 3.20. The predicted octanol–water partition coefficient (Wildman–Crippen LogP) is 0.787. The van der Waals surface area contributed by atoms with Crippen LogP contribution in [-0.2, 0) is 6.54 Å². The molecule has 2 rings (SSSR count). The molecule has 1 aliphatic heterocycles. The Morgan fingerprint density at radius 1 is 1.47 bits per heavy atom. The van der Waals surface area contributed by atoms with Crippen LogP contribution in [0.4, 0.5) is 8.78 Å². The van der Waals surface area contributed by atoms with Crippen molar-refractivity contribution >= 4 is 0 Å². The van der Waals surface area contributed by atoms with Crippen molar-refractivity contribution in [2.45, 2.75) is 18.6 Å². The summed E-state index contributed by atoms with van der Waals surface area (Å²) in [7, 11) is 1.33. The van der Waals surface area contributed by atoms with E-state index in [1.165, 1.54) is 19.2 Å². The van der Waals surface area contributed by atoms with Crippen molar-refractivity contribution in [1.29, 1.82) is 0 Å². The minimum absolute atomic E-state index is 0.0111. The van der Waals surface area contributed by atoms with E-state index in [4.69, 9.17) is 4.74 Å². The summed E-state index contributed by atoms with van der Waals surface area (Å²) in [5, 5.41) is 16.0. The second-order valence-electron chi connectivity index (χ2n) is 4.80. The van der Waals surface area contributed by atoms with Crippen LogP contribution in [0, 0.1) is 11.6 Å². The topological polar surface area (TPSA) is 53.5 Å². The largest absolute Gasteiger partial charge is 0.494 e. The van der Waals surface area contributed by atoms with Crippen LogP contribution in [0.15, 0.2) is 12.1 Å². The summed E-state index contributed by atoms with van der Waals surface area (Å²) in [5.74, 6) is -1.31. The van der Waals surface area contributed by atoms with Crippen LogP contribution in [0.1, 0.15) is 12.0 Å². The van der Waals surface area contributed by atoms with Gasteiger partial charge in [0.2, 0.25) is 0 Å². The molecular formula is C13H18F2N2O2. The molecule has 0 saturated carbocycles. The molecule has 1 saturated heterocycles. The van der Waals surface area contributed by atoms with Gasteiger partial charge >= 0.3 is 0 Å². The van der Waals surface area contributed by atoms with Gasteiger partial charge in [0.05, 0.1) is 12.7 Å². The number of aliphatic hydroxyl groups is 1. The van der Waals surface area contributed by atoms with E-state index < -0.39 is 17.2 Å². The fourth-order valence-electron chi connectivity index (χ4n) is 2.20. The fraction of sp³-hybridized carbons (Fsp3) is 0.538. The molecule has 1 aromatic carbocycles. The van der Waals surface area contributed by atoms with Gasteiger partial charge in [-0.2, -0.15) is 0 Å². The number of halogens is 2. The van der Waals surface area contributed by atoms with Gasteiger partial charge in [-0.15, -0.1) is 0 Å². The lowest BCUT2D eigenvalue weighted by atomic mass is 10.0. The maximum absolute atomic E-state index is 13.8. The Labute approximate surface area is 110 Å². The molecule has 19 heavy (non-hydrogen) atoms. The molecule has 4 nitrogen and oxygen atoms in total. The summed E-state index contributed by atoms with van der Waals surface area (Å²) in [6.07, 6.45) is 0.628. The van der Waals surface area contributed by atoms with Gasteiger partial charge in [0.25, 0.3) is 0 Å². The molecule has 0 radical (unpaired) electrons. The van der Waals surface area contributed by atoms with Crippen molar-refractivity contribution in [2.75, 3.05) is 26.7 Å². The first-order valence-electron chi connectivity index (χ1n) is 6.20. The normalized spacial score (nSPS) is 22.7. The van der Waals surface area contributed by atoms with Gasteiger partial charge in [0.15, 0.2) is 11.6 Å². The molecule has 1 heterocycles. The summed E-state index contributed by atoms with van der Waals surface area (Å²) in [4.78, 5) is 0. The highest BCUT2D eigenvalue weighted by Crippen LogP contribution is 2.23. The lowest BCUT2D eigenvalue weighted by molar-refractivity contribution is 0.0607. The molecule has 1 fully saturated rings. The molecule has 6 heteroatoms. The first kappa shape index (κ1) is 14.2. The van der Waals surface area contributed by atoms with E-state index in [1.54, 1.807) is 0 Å². The van der Waals surface area contributed by atoms with E-state index in [1.807, 2.05) is 0 Å². The van der Waals surface area contributed by atoms with E-state index in [0.29, 0.717) is 13.0 Å². The molecule has 106 valence electrons. The molecular weight excluding hydrogens is 254 g/mol. The van der Waals surface area contributed by atoms with Crippen LogP contribution in [0.2, 0.25) is 0 Å². The van der Waals surface area contributed by atoms with Crippen molar-refractivity contribution < 1.29 is 18.6 Å². The number of hydrogen-bond acceptors (Lipinski definition) is 4. The number of nitrogens with one attached hydrogen (secondary N) is 2. The second kappa shape index (κ2) is 5.81. The molecule has 1 aromatic rings. The lowest BCUT2D eigenvalue weighted by Gasteiger charge is -2.22. The van der Waals surface area contributed by atoms with Gasteiger partial charge in [-0.1, -0.05) is 0 Å². The number of β-amino-alcohol motifs (C(OH)–C–C–N with tert-alkyl or cyclic N) is 1. The summed E-state index contributed by atoms with van der Waals surface area (Å²) < 4.78 is 32.2. The zero-order chi connectivity index (χ0) is 13.9. The van der Waals surface area contributed by atoms with Crippen molar-refractivity contribution in [1.82, 2.24) is 10.6 Å². The van der Waals surface area contributed by atoms with Gasteiger partial charge in [0.1, 0.15) is 5.82 Å². The second-order valence-corrected chi connectivity index (χ2v) is 4.80. The summed E-state index contributed by atoms with van der Waals surface area (Å²) in [5.41, 5.74) is -0.917. The Kier molecular flexibility index (Phi) is 4.34. The molecule has 0 bridgehead atoms. The first-order chi connectivity index (χ1) is 9.06. The molecule has 0 aliphatic carbocycles. The standard InChI is InChI=1S/C13H18F2N2O2/c1-19-11-3-2-10(14)9(12(11)15)6-17-8-13(18)4-5-16-7-13/h2-3,16-18H,4-8H2,1H3. The maximum Gasteiger partial charge on any atom is 0.172 e. The van der Waals surface area contributed by atoms with E-state index >= 15 is 0 Å². The molecule has 1 unspecified atom stereocenters. The Morgan fingerprint density at radius 2 is 2.26 bits per heavy atom. The fourth-order valence-corrected chi connectivity index (χ4v) is 2.20. The van der Waals surface area contributed by atoms with Gasteiger partial charge in [-0.3, -0.25) is 0 Å². The number of hydrogen-bond donors (Lipinski definition) is 3. The van der Waals surface area contributed by atoms with Crippen LogP contribution in [-0.4, -0.2) is 37.5 Å². The highest BCUT2D eigenvalue weighted by atomic mass is 19.1. The zero-order valence-electron chi connectivity index (χ0n) is 10.8.